The van der Waals surface area contributed by atoms with Gasteiger partial charge in [-0.1, -0.05) is 18.7 Å². The van der Waals surface area contributed by atoms with Crippen LogP contribution in [-0.4, -0.2) is 38.5 Å². The lowest BCUT2D eigenvalue weighted by molar-refractivity contribution is -0.144. The molecule has 1 rings (SSSR count). The Morgan fingerprint density at radius 2 is 2.39 bits per heavy atom. The van der Waals surface area contributed by atoms with Crippen LogP contribution in [0.2, 0.25) is 0 Å². The van der Waals surface area contributed by atoms with E-state index in [9.17, 15) is 9.90 Å². The van der Waals surface area contributed by atoms with E-state index in [1.807, 2.05) is 24.7 Å². The fourth-order valence-electron chi connectivity index (χ4n) is 1.74. The Hall–Kier alpha value is -1.01. The molecular formula is C12H21N3O2S. The minimum atomic E-state index is -0.822. The first-order chi connectivity index (χ1) is 8.49. The van der Waals surface area contributed by atoms with Crippen LogP contribution in [0.5, 0.6) is 0 Å². The van der Waals surface area contributed by atoms with Gasteiger partial charge in [0, 0.05) is 25.2 Å². The lowest BCUT2D eigenvalue weighted by Gasteiger charge is -2.25. The number of hydrogen-bond donors (Lipinski definition) is 2. The SMILES string of the molecule is CCNC(C)(CCCSc1nccn1C)C(=O)O. The van der Waals surface area contributed by atoms with Gasteiger partial charge in [0.1, 0.15) is 5.54 Å². The van der Waals surface area contributed by atoms with Crippen LogP contribution in [0.15, 0.2) is 17.6 Å². The van der Waals surface area contributed by atoms with Crippen molar-refractivity contribution in [3.05, 3.63) is 12.4 Å². The van der Waals surface area contributed by atoms with Crippen molar-refractivity contribution in [2.24, 2.45) is 7.05 Å². The Balaban J connectivity index is 2.36. The molecule has 0 saturated carbocycles. The van der Waals surface area contributed by atoms with Crippen LogP contribution in [0.1, 0.15) is 26.7 Å². The van der Waals surface area contributed by atoms with Gasteiger partial charge in [0.2, 0.25) is 0 Å². The molecule has 6 heteroatoms. The van der Waals surface area contributed by atoms with Crippen LogP contribution >= 0.6 is 11.8 Å². The standard InChI is InChI=1S/C12H21N3O2S/c1-4-14-12(2,10(16)17)6-5-9-18-11-13-7-8-15(11)3/h7-8,14H,4-6,9H2,1-3H3,(H,16,17). The molecule has 0 spiro atoms. The average Bonchev–Trinajstić information content (AvgIpc) is 2.71. The van der Waals surface area contributed by atoms with E-state index < -0.39 is 11.5 Å². The topological polar surface area (TPSA) is 67.2 Å². The third kappa shape index (κ3) is 4.03. The summed E-state index contributed by atoms with van der Waals surface area (Å²) in [7, 11) is 1.95. The molecule has 102 valence electrons. The molecule has 0 fully saturated rings. The van der Waals surface area contributed by atoms with Gasteiger partial charge in [-0.2, -0.15) is 0 Å². The number of likely N-dealkylation sites (N-methyl/N-ethyl adjacent to an activating group) is 1. The maximum Gasteiger partial charge on any atom is 0.323 e. The van der Waals surface area contributed by atoms with Crippen molar-refractivity contribution < 1.29 is 9.90 Å². The van der Waals surface area contributed by atoms with Crippen molar-refractivity contribution in [2.45, 2.75) is 37.4 Å². The van der Waals surface area contributed by atoms with E-state index in [4.69, 9.17) is 0 Å². The van der Waals surface area contributed by atoms with Gasteiger partial charge < -0.3 is 15.0 Å². The number of aryl methyl sites for hydroxylation is 1. The molecule has 0 radical (unpaired) electrons. The molecular weight excluding hydrogens is 250 g/mol. The molecule has 0 aliphatic heterocycles. The number of rotatable bonds is 8. The summed E-state index contributed by atoms with van der Waals surface area (Å²) in [6.45, 7) is 4.32. The number of aliphatic carboxylic acids is 1. The fourth-order valence-corrected chi connectivity index (χ4v) is 2.61. The van der Waals surface area contributed by atoms with Crippen LogP contribution in [0.3, 0.4) is 0 Å². The summed E-state index contributed by atoms with van der Waals surface area (Å²) in [5, 5.41) is 13.2. The Morgan fingerprint density at radius 1 is 1.67 bits per heavy atom. The minimum absolute atomic E-state index is 0.619. The second-order valence-corrected chi connectivity index (χ2v) is 5.50. The zero-order chi connectivity index (χ0) is 13.6. The predicted molar refractivity (Wildman–Crippen MR) is 72.9 cm³/mol. The van der Waals surface area contributed by atoms with Gasteiger partial charge in [-0.3, -0.25) is 4.79 Å². The average molecular weight is 271 g/mol. The zero-order valence-corrected chi connectivity index (χ0v) is 12.0. The quantitative estimate of drug-likeness (QED) is 0.557. The summed E-state index contributed by atoms with van der Waals surface area (Å²) in [6.07, 6.45) is 5.13. The Bertz CT molecular complexity index is 394. The number of aromatic nitrogens is 2. The van der Waals surface area contributed by atoms with E-state index in [2.05, 4.69) is 10.3 Å². The van der Waals surface area contributed by atoms with E-state index in [1.54, 1.807) is 24.9 Å². The number of carboxylic acid groups (broad SMARTS) is 1. The fraction of sp³-hybridized carbons (Fsp3) is 0.667. The summed E-state index contributed by atoms with van der Waals surface area (Å²) >= 11 is 1.66. The molecule has 5 nitrogen and oxygen atoms in total. The lowest BCUT2D eigenvalue weighted by atomic mass is 9.96. The highest BCUT2D eigenvalue weighted by molar-refractivity contribution is 7.99. The highest BCUT2D eigenvalue weighted by atomic mass is 32.2. The summed E-state index contributed by atoms with van der Waals surface area (Å²) in [4.78, 5) is 15.4. The third-order valence-corrected chi connectivity index (χ3v) is 4.01. The molecule has 0 aliphatic carbocycles. The Morgan fingerprint density at radius 3 is 2.89 bits per heavy atom. The molecule has 18 heavy (non-hydrogen) atoms. The van der Waals surface area contributed by atoms with Gasteiger partial charge in [-0.15, -0.1) is 0 Å². The maximum atomic E-state index is 11.2. The number of imidazole rings is 1. The third-order valence-electron chi connectivity index (χ3n) is 2.87. The molecule has 1 aromatic rings. The number of carboxylic acids is 1. The molecule has 1 aromatic heterocycles. The van der Waals surface area contributed by atoms with E-state index >= 15 is 0 Å². The van der Waals surface area contributed by atoms with Crippen LogP contribution in [0.4, 0.5) is 0 Å². The first-order valence-electron chi connectivity index (χ1n) is 6.08. The van der Waals surface area contributed by atoms with Crippen molar-refractivity contribution >= 4 is 17.7 Å². The van der Waals surface area contributed by atoms with Crippen LogP contribution in [-0.2, 0) is 11.8 Å². The molecule has 1 heterocycles. The number of hydrogen-bond acceptors (Lipinski definition) is 4. The summed E-state index contributed by atoms with van der Waals surface area (Å²) in [5.74, 6) is 0.0883. The molecule has 1 unspecified atom stereocenters. The van der Waals surface area contributed by atoms with Crippen LogP contribution < -0.4 is 5.32 Å². The maximum absolute atomic E-state index is 11.2. The van der Waals surface area contributed by atoms with Gasteiger partial charge in [-0.05, 0) is 26.3 Å². The summed E-state index contributed by atoms with van der Waals surface area (Å²) in [6, 6.07) is 0. The monoisotopic (exact) mass is 271 g/mol. The minimum Gasteiger partial charge on any atom is -0.480 e. The van der Waals surface area contributed by atoms with Gasteiger partial charge in [0.05, 0.1) is 0 Å². The van der Waals surface area contributed by atoms with Crippen molar-refractivity contribution in [1.29, 1.82) is 0 Å². The van der Waals surface area contributed by atoms with E-state index in [-0.39, 0.29) is 0 Å². The smallest absolute Gasteiger partial charge is 0.323 e. The normalized spacial score (nSPS) is 14.4. The van der Waals surface area contributed by atoms with E-state index in [0.29, 0.717) is 13.0 Å². The molecule has 1 atom stereocenters. The predicted octanol–water partition coefficient (Wildman–Crippen LogP) is 1.75. The second-order valence-electron chi connectivity index (χ2n) is 4.44. The van der Waals surface area contributed by atoms with Crippen LogP contribution in [0.25, 0.3) is 0 Å². The van der Waals surface area contributed by atoms with Crippen molar-refractivity contribution in [3.8, 4) is 0 Å². The summed E-state index contributed by atoms with van der Waals surface area (Å²) < 4.78 is 1.96. The van der Waals surface area contributed by atoms with E-state index in [0.717, 1.165) is 17.3 Å². The van der Waals surface area contributed by atoms with Gasteiger partial charge >= 0.3 is 5.97 Å². The zero-order valence-electron chi connectivity index (χ0n) is 11.1. The second kappa shape index (κ2) is 6.80. The molecule has 0 amide bonds. The molecule has 2 N–H and O–H groups in total. The van der Waals surface area contributed by atoms with Crippen molar-refractivity contribution in [1.82, 2.24) is 14.9 Å². The first-order valence-corrected chi connectivity index (χ1v) is 7.06. The molecule has 0 aliphatic rings. The Labute approximate surface area is 112 Å². The van der Waals surface area contributed by atoms with Gasteiger partial charge in [-0.25, -0.2) is 4.98 Å². The molecule has 0 saturated heterocycles. The van der Waals surface area contributed by atoms with Crippen LogP contribution in [0, 0.1) is 0 Å². The number of nitrogens with zero attached hydrogens (tertiary/aromatic N) is 2. The lowest BCUT2D eigenvalue weighted by Crippen LogP contribution is -2.49. The largest absolute Gasteiger partial charge is 0.480 e. The first kappa shape index (κ1) is 15.0. The molecule has 0 aromatic carbocycles. The number of carbonyl (C=O) groups is 1. The molecule has 0 bridgehead atoms. The Kier molecular flexibility index (Phi) is 5.68. The van der Waals surface area contributed by atoms with Gasteiger partial charge in [0.25, 0.3) is 0 Å². The van der Waals surface area contributed by atoms with Crippen molar-refractivity contribution in [2.75, 3.05) is 12.3 Å². The summed E-state index contributed by atoms with van der Waals surface area (Å²) in [5.41, 5.74) is -0.822. The van der Waals surface area contributed by atoms with Gasteiger partial charge in [0.15, 0.2) is 5.16 Å². The van der Waals surface area contributed by atoms with E-state index in [1.165, 1.54) is 0 Å². The number of nitrogens with one attached hydrogen (secondary N) is 1. The number of thioether (sulfide) groups is 1. The highest BCUT2D eigenvalue weighted by Gasteiger charge is 2.31. The highest BCUT2D eigenvalue weighted by Crippen LogP contribution is 2.19. The van der Waals surface area contributed by atoms with Crippen molar-refractivity contribution in [3.63, 3.8) is 0 Å².